The third-order valence-electron chi connectivity index (χ3n) is 12.5. The van der Waals surface area contributed by atoms with Crippen LogP contribution in [0.1, 0.15) is 49.9 Å². The van der Waals surface area contributed by atoms with Crippen LogP contribution in [0.4, 0.5) is 0 Å². The molecule has 0 saturated heterocycles. The lowest BCUT2D eigenvalue weighted by Gasteiger charge is -2.22. The summed E-state index contributed by atoms with van der Waals surface area (Å²) in [5.41, 5.74) is 15.4. The number of hydrogen-bond donors (Lipinski definition) is 0. The fourth-order valence-corrected chi connectivity index (χ4v) is 9.83. The lowest BCUT2D eigenvalue weighted by Crippen LogP contribution is -2.14. The molecule has 0 saturated carbocycles. The summed E-state index contributed by atoms with van der Waals surface area (Å²) in [6, 6.07) is 57.8. The first-order valence-electron chi connectivity index (χ1n) is 19.0. The maximum absolute atomic E-state index is 5.50. The molecule has 54 heavy (non-hydrogen) atoms. The van der Waals surface area contributed by atoms with Gasteiger partial charge in [0, 0.05) is 27.5 Å². The van der Waals surface area contributed by atoms with Gasteiger partial charge in [-0.3, -0.25) is 0 Å². The molecule has 0 N–H and O–H groups in total. The summed E-state index contributed by atoms with van der Waals surface area (Å²) in [6.07, 6.45) is 0. The van der Waals surface area contributed by atoms with Gasteiger partial charge >= 0.3 is 0 Å². The largest absolute Gasteiger partial charge is 0.228 e. The van der Waals surface area contributed by atoms with Crippen LogP contribution >= 0.6 is 0 Å². The highest BCUT2D eigenvalue weighted by molar-refractivity contribution is 6.25. The number of aromatic nitrogens is 2. The standard InChI is InChI=1S/C52H38N2/c1-51(2)42-23-11-9-19-37(42)48-39(21-13-25-44(48)51)46-30-47(40-22-14-26-45-49(40)38-20-10-12-24-43(38)52(45,3)4)54-50(53-46)31-27-28-36-34-17-6-5-15-32(34)33-16-7-8-18-35(33)41(36)29-31/h5-30H,1-4H3. The zero-order valence-corrected chi connectivity index (χ0v) is 30.9. The monoisotopic (exact) mass is 690 g/mol. The topological polar surface area (TPSA) is 25.8 Å². The van der Waals surface area contributed by atoms with Crippen molar-refractivity contribution < 1.29 is 0 Å². The van der Waals surface area contributed by atoms with Crippen LogP contribution in [0, 0.1) is 0 Å². The molecule has 2 aliphatic carbocycles. The predicted octanol–water partition coefficient (Wildman–Crippen LogP) is 13.5. The van der Waals surface area contributed by atoms with Gasteiger partial charge in [0.05, 0.1) is 11.4 Å². The van der Waals surface area contributed by atoms with Crippen LogP contribution in [-0.4, -0.2) is 9.97 Å². The van der Waals surface area contributed by atoms with E-state index < -0.39 is 0 Å². The third-order valence-corrected chi connectivity index (χ3v) is 12.5. The molecule has 11 rings (SSSR count). The van der Waals surface area contributed by atoms with Gasteiger partial charge in [-0.05, 0) is 89.0 Å². The van der Waals surface area contributed by atoms with Crippen molar-refractivity contribution in [2.75, 3.05) is 0 Å². The van der Waals surface area contributed by atoms with Crippen molar-refractivity contribution in [2.45, 2.75) is 38.5 Å². The number of rotatable bonds is 3. The van der Waals surface area contributed by atoms with Crippen LogP contribution in [0.25, 0.3) is 88.5 Å². The number of nitrogens with zero attached hydrogens (tertiary/aromatic N) is 2. The average Bonchev–Trinajstić information content (AvgIpc) is 3.60. The number of hydrogen-bond acceptors (Lipinski definition) is 2. The molecule has 0 fully saturated rings. The molecular weight excluding hydrogens is 653 g/mol. The van der Waals surface area contributed by atoms with E-state index in [0.29, 0.717) is 0 Å². The second-order valence-corrected chi connectivity index (χ2v) is 16.1. The van der Waals surface area contributed by atoms with Crippen LogP contribution in [-0.2, 0) is 10.8 Å². The molecule has 0 unspecified atom stereocenters. The minimum atomic E-state index is -0.113. The zero-order valence-electron chi connectivity index (χ0n) is 30.9. The van der Waals surface area contributed by atoms with Crippen LogP contribution in [0.5, 0.6) is 0 Å². The molecule has 2 heteroatoms. The predicted molar refractivity (Wildman–Crippen MR) is 226 cm³/mol. The Morgan fingerprint density at radius 3 is 1.22 bits per heavy atom. The molecular formula is C52H38N2. The van der Waals surface area contributed by atoms with Crippen molar-refractivity contribution in [1.29, 1.82) is 0 Å². The van der Waals surface area contributed by atoms with Crippen molar-refractivity contribution in [3.05, 3.63) is 180 Å². The summed E-state index contributed by atoms with van der Waals surface area (Å²) in [4.78, 5) is 11.0. The van der Waals surface area contributed by atoms with Gasteiger partial charge in [-0.25, -0.2) is 9.97 Å². The highest BCUT2D eigenvalue weighted by Crippen LogP contribution is 2.54. The fraction of sp³-hybridized carbons (Fsp3) is 0.115. The number of benzene rings is 8. The lowest BCUT2D eigenvalue weighted by molar-refractivity contribution is 0.660. The molecule has 1 heterocycles. The second-order valence-electron chi connectivity index (χ2n) is 16.1. The normalized spacial score (nSPS) is 14.6. The molecule has 1 aromatic heterocycles. The van der Waals surface area contributed by atoms with Gasteiger partial charge in [0.2, 0.25) is 0 Å². The van der Waals surface area contributed by atoms with Crippen molar-refractivity contribution in [3.63, 3.8) is 0 Å². The third kappa shape index (κ3) is 4.23. The van der Waals surface area contributed by atoms with Gasteiger partial charge < -0.3 is 0 Å². The smallest absolute Gasteiger partial charge is 0.160 e. The average molecular weight is 691 g/mol. The maximum atomic E-state index is 5.50. The fourth-order valence-electron chi connectivity index (χ4n) is 9.83. The van der Waals surface area contributed by atoms with Gasteiger partial charge in [-0.2, -0.15) is 0 Å². The Hall–Kier alpha value is -6.38. The van der Waals surface area contributed by atoms with E-state index >= 15 is 0 Å². The van der Waals surface area contributed by atoms with Gasteiger partial charge in [0.15, 0.2) is 5.82 Å². The SMILES string of the molecule is CC1(C)c2ccccc2-c2c(-c3cc(-c4cccc5c4-c4ccccc4C5(C)C)nc(-c4ccc5c6ccccc6c6ccccc6c5c4)n3)cccc21. The lowest BCUT2D eigenvalue weighted by atomic mass is 9.82. The zero-order chi connectivity index (χ0) is 36.3. The van der Waals surface area contributed by atoms with E-state index in [9.17, 15) is 0 Å². The highest BCUT2D eigenvalue weighted by atomic mass is 14.9. The van der Waals surface area contributed by atoms with Gasteiger partial charge in [-0.1, -0.05) is 173 Å². The van der Waals surface area contributed by atoms with E-state index in [-0.39, 0.29) is 10.8 Å². The van der Waals surface area contributed by atoms with E-state index in [4.69, 9.17) is 9.97 Å². The molecule has 0 radical (unpaired) electrons. The molecule has 9 aromatic rings. The van der Waals surface area contributed by atoms with Crippen LogP contribution in [0.2, 0.25) is 0 Å². The Bertz CT molecular complexity index is 2890. The molecule has 8 aromatic carbocycles. The summed E-state index contributed by atoms with van der Waals surface area (Å²) in [5.74, 6) is 0.730. The first kappa shape index (κ1) is 31.2. The molecule has 2 aliphatic rings. The number of fused-ring (bicyclic) bond motifs is 12. The Balaban J connectivity index is 1.21. The van der Waals surface area contributed by atoms with Gasteiger partial charge in [-0.15, -0.1) is 0 Å². The van der Waals surface area contributed by atoms with E-state index in [1.54, 1.807) is 0 Å². The molecule has 2 nitrogen and oxygen atoms in total. The quantitative estimate of drug-likeness (QED) is 0.172. The van der Waals surface area contributed by atoms with Crippen molar-refractivity contribution >= 4 is 32.3 Å². The molecule has 0 aliphatic heterocycles. The van der Waals surface area contributed by atoms with Crippen LogP contribution in [0.3, 0.4) is 0 Å². The minimum Gasteiger partial charge on any atom is -0.228 e. The first-order valence-corrected chi connectivity index (χ1v) is 19.0. The van der Waals surface area contributed by atoms with Crippen molar-refractivity contribution in [1.82, 2.24) is 9.97 Å². The minimum absolute atomic E-state index is 0.113. The Kier molecular flexibility index (Phi) is 6.39. The van der Waals surface area contributed by atoms with E-state index in [1.807, 2.05) is 0 Å². The maximum Gasteiger partial charge on any atom is 0.160 e. The van der Waals surface area contributed by atoms with E-state index in [1.165, 1.54) is 76.8 Å². The van der Waals surface area contributed by atoms with Crippen molar-refractivity contribution in [3.8, 4) is 56.2 Å². The van der Waals surface area contributed by atoms with Crippen LogP contribution in [0.15, 0.2) is 158 Å². The molecule has 0 amide bonds. The van der Waals surface area contributed by atoms with E-state index in [0.717, 1.165) is 33.9 Å². The van der Waals surface area contributed by atoms with Gasteiger partial charge in [0.25, 0.3) is 0 Å². The Morgan fingerprint density at radius 1 is 0.333 bits per heavy atom. The van der Waals surface area contributed by atoms with E-state index in [2.05, 4.69) is 185 Å². The summed E-state index contributed by atoms with van der Waals surface area (Å²) >= 11 is 0. The van der Waals surface area contributed by atoms with Crippen molar-refractivity contribution in [2.24, 2.45) is 0 Å². The molecule has 0 spiro atoms. The van der Waals surface area contributed by atoms with Crippen LogP contribution < -0.4 is 0 Å². The summed E-state index contributed by atoms with van der Waals surface area (Å²) in [7, 11) is 0. The Labute approximate surface area is 315 Å². The Morgan fingerprint density at radius 2 is 0.722 bits per heavy atom. The summed E-state index contributed by atoms with van der Waals surface area (Å²) in [5, 5.41) is 7.49. The highest BCUT2D eigenvalue weighted by Gasteiger charge is 2.38. The summed E-state index contributed by atoms with van der Waals surface area (Å²) in [6.45, 7) is 9.36. The molecule has 256 valence electrons. The van der Waals surface area contributed by atoms with Gasteiger partial charge in [0.1, 0.15) is 0 Å². The summed E-state index contributed by atoms with van der Waals surface area (Å²) < 4.78 is 0. The molecule has 0 atom stereocenters. The second kappa shape index (κ2) is 11.1. The first-order chi connectivity index (χ1) is 26.3. The molecule has 0 bridgehead atoms.